The van der Waals surface area contributed by atoms with Crippen LogP contribution in [0.1, 0.15) is 18.4 Å². The van der Waals surface area contributed by atoms with Crippen molar-refractivity contribution in [1.82, 2.24) is 9.21 Å². The summed E-state index contributed by atoms with van der Waals surface area (Å²) >= 11 is 0. The molecule has 8 heteroatoms. The number of benzene rings is 1. The molecular weight excluding hydrogens is 364 g/mol. The van der Waals surface area contributed by atoms with Crippen molar-refractivity contribution in [3.05, 3.63) is 48.6 Å². The van der Waals surface area contributed by atoms with Gasteiger partial charge >= 0.3 is 0 Å². The molecule has 1 aromatic carbocycles. The number of piperidine rings is 1. The summed E-state index contributed by atoms with van der Waals surface area (Å²) in [7, 11) is -3.78. The van der Waals surface area contributed by atoms with Crippen LogP contribution in [-0.2, 0) is 20.6 Å². The summed E-state index contributed by atoms with van der Waals surface area (Å²) in [6.45, 7) is 5.45. The highest BCUT2D eigenvalue weighted by Crippen LogP contribution is 2.22. The van der Waals surface area contributed by atoms with E-state index in [9.17, 15) is 13.2 Å². The van der Waals surface area contributed by atoms with E-state index in [0.717, 1.165) is 4.31 Å². The molecule has 1 fully saturated rings. The van der Waals surface area contributed by atoms with E-state index in [1.54, 1.807) is 30.5 Å². The van der Waals surface area contributed by atoms with Crippen molar-refractivity contribution < 1.29 is 13.2 Å². The Morgan fingerprint density at radius 3 is 2.59 bits per heavy atom. The molecule has 144 valence electrons. The Bertz CT molecular complexity index is 807. The zero-order valence-corrected chi connectivity index (χ0v) is 16.0. The van der Waals surface area contributed by atoms with E-state index < -0.39 is 10.0 Å². The van der Waals surface area contributed by atoms with Crippen LogP contribution in [0.15, 0.2) is 48.0 Å². The lowest BCUT2D eigenvalue weighted by Crippen LogP contribution is -2.45. The first-order valence-electron chi connectivity index (χ1n) is 8.80. The van der Waals surface area contributed by atoms with Crippen molar-refractivity contribution in [3.8, 4) is 6.19 Å². The van der Waals surface area contributed by atoms with Gasteiger partial charge in [-0.05, 0) is 31.5 Å². The van der Waals surface area contributed by atoms with Crippen molar-refractivity contribution in [2.75, 3.05) is 26.2 Å². The molecular formula is C19H24N4O3S. The average molecular weight is 388 g/mol. The Balaban J connectivity index is 2.03. The van der Waals surface area contributed by atoms with Gasteiger partial charge < -0.3 is 0 Å². The van der Waals surface area contributed by atoms with Crippen molar-refractivity contribution >= 4 is 22.1 Å². The zero-order valence-electron chi connectivity index (χ0n) is 15.2. The van der Waals surface area contributed by atoms with Gasteiger partial charge in [0, 0.05) is 18.7 Å². The fourth-order valence-electron chi connectivity index (χ4n) is 3.08. The standard InChI is InChI=1S/C19H24N4O3S/c1-2-11-23(27(25,26)15-17-6-4-3-5-7-17)19(24)18-8-12-22(13-9-18)14-10-21-16-20/h2-7,10,18H,1,8-9,11-15H2. The van der Waals surface area contributed by atoms with Gasteiger partial charge in [-0.15, -0.1) is 6.58 Å². The molecule has 7 nitrogen and oxygen atoms in total. The number of carbonyl (C=O) groups is 1. The van der Waals surface area contributed by atoms with Crippen LogP contribution in [0.3, 0.4) is 0 Å². The third-order valence-corrected chi connectivity index (χ3v) is 6.19. The second-order valence-corrected chi connectivity index (χ2v) is 8.28. The second kappa shape index (κ2) is 10.00. The SMILES string of the molecule is C=CCN(C(=O)C1CCN(CC=NC#N)CC1)S(=O)(=O)Cc1ccccc1. The first kappa shape index (κ1) is 20.8. The van der Waals surface area contributed by atoms with Gasteiger partial charge in [0.05, 0.1) is 12.3 Å². The minimum absolute atomic E-state index is 0.0248. The van der Waals surface area contributed by atoms with E-state index in [1.807, 2.05) is 6.07 Å². The Labute approximate surface area is 160 Å². The highest BCUT2D eigenvalue weighted by molar-refractivity contribution is 7.88. The monoisotopic (exact) mass is 388 g/mol. The Morgan fingerprint density at radius 1 is 1.33 bits per heavy atom. The molecule has 1 amide bonds. The van der Waals surface area contributed by atoms with Gasteiger partial charge in [0.1, 0.15) is 0 Å². The van der Waals surface area contributed by atoms with E-state index in [0.29, 0.717) is 38.0 Å². The number of amides is 1. The number of aliphatic imine (C=N–C) groups is 1. The molecule has 0 N–H and O–H groups in total. The van der Waals surface area contributed by atoms with Crippen molar-refractivity contribution in [3.63, 3.8) is 0 Å². The number of likely N-dealkylation sites (tertiary alicyclic amines) is 1. The number of nitriles is 1. The zero-order chi connectivity index (χ0) is 19.7. The molecule has 27 heavy (non-hydrogen) atoms. The molecule has 0 spiro atoms. The predicted molar refractivity (Wildman–Crippen MR) is 104 cm³/mol. The highest BCUT2D eigenvalue weighted by atomic mass is 32.2. The van der Waals surface area contributed by atoms with E-state index in [2.05, 4.69) is 16.5 Å². The van der Waals surface area contributed by atoms with Crippen molar-refractivity contribution in [2.24, 2.45) is 10.9 Å². The van der Waals surface area contributed by atoms with Gasteiger partial charge in [-0.3, -0.25) is 9.69 Å². The number of carbonyl (C=O) groups excluding carboxylic acids is 1. The highest BCUT2D eigenvalue weighted by Gasteiger charge is 2.33. The fourth-order valence-corrected chi connectivity index (χ4v) is 4.61. The molecule has 0 bridgehead atoms. The molecule has 2 rings (SSSR count). The smallest absolute Gasteiger partial charge is 0.241 e. The molecule has 1 heterocycles. The molecule has 0 aliphatic carbocycles. The largest absolute Gasteiger partial charge is 0.298 e. The lowest BCUT2D eigenvalue weighted by molar-refractivity contribution is -0.131. The summed E-state index contributed by atoms with van der Waals surface area (Å²) < 4.78 is 26.6. The summed E-state index contributed by atoms with van der Waals surface area (Å²) in [6, 6.07) is 8.83. The van der Waals surface area contributed by atoms with Crippen LogP contribution in [0.4, 0.5) is 0 Å². The molecule has 0 atom stereocenters. The number of rotatable bonds is 8. The van der Waals surface area contributed by atoms with E-state index in [4.69, 9.17) is 5.26 Å². The topological polar surface area (TPSA) is 93.8 Å². The number of sulfonamides is 1. The van der Waals surface area contributed by atoms with Gasteiger partial charge in [0.25, 0.3) is 0 Å². The van der Waals surface area contributed by atoms with Gasteiger partial charge in [0.15, 0.2) is 0 Å². The molecule has 0 saturated carbocycles. The van der Waals surface area contributed by atoms with Crippen molar-refractivity contribution in [1.29, 1.82) is 5.26 Å². The van der Waals surface area contributed by atoms with Crippen LogP contribution in [0, 0.1) is 17.4 Å². The summed E-state index contributed by atoms with van der Waals surface area (Å²) in [6.07, 6.45) is 5.84. The van der Waals surface area contributed by atoms with E-state index >= 15 is 0 Å². The van der Waals surface area contributed by atoms with Crippen LogP contribution in [0.2, 0.25) is 0 Å². The number of nitrogens with zero attached hydrogens (tertiary/aromatic N) is 4. The van der Waals surface area contributed by atoms with Crippen molar-refractivity contribution in [2.45, 2.75) is 18.6 Å². The molecule has 1 aliphatic heterocycles. The molecule has 0 radical (unpaired) electrons. The number of hydrogen-bond acceptors (Lipinski definition) is 6. The van der Waals surface area contributed by atoms with Crippen LogP contribution in [0.5, 0.6) is 0 Å². The average Bonchev–Trinajstić information content (AvgIpc) is 2.66. The molecule has 1 saturated heterocycles. The lowest BCUT2D eigenvalue weighted by Gasteiger charge is -2.33. The van der Waals surface area contributed by atoms with E-state index in [-0.39, 0.29) is 24.1 Å². The normalized spacial score (nSPS) is 16.1. The molecule has 0 aromatic heterocycles. The Hall–Kier alpha value is -2.50. The minimum Gasteiger partial charge on any atom is -0.298 e. The quantitative estimate of drug-likeness (QED) is 0.384. The van der Waals surface area contributed by atoms with E-state index in [1.165, 1.54) is 12.3 Å². The third kappa shape index (κ3) is 6.01. The maximum atomic E-state index is 12.9. The molecule has 1 aromatic rings. The Morgan fingerprint density at radius 2 is 2.00 bits per heavy atom. The Kier molecular flexibility index (Phi) is 7.70. The van der Waals surface area contributed by atoms with Crippen LogP contribution in [0.25, 0.3) is 0 Å². The first-order chi connectivity index (χ1) is 13.0. The summed E-state index contributed by atoms with van der Waals surface area (Å²) in [5.41, 5.74) is 0.644. The predicted octanol–water partition coefficient (Wildman–Crippen LogP) is 1.79. The molecule has 1 aliphatic rings. The third-order valence-electron chi connectivity index (χ3n) is 4.49. The first-order valence-corrected chi connectivity index (χ1v) is 10.4. The lowest BCUT2D eigenvalue weighted by atomic mass is 9.96. The minimum atomic E-state index is -3.78. The summed E-state index contributed by atoms with van der Waals surface area (Å²) in [4.78, 5) is 18.5. The van der Waals surface area contributed by atoms with Gasteiger partial charge in [-0.25, -0.2) is 12.7 Å². The molecule has 0 unspecified atom stereocenters. The second-order valence-electron chi connectivity index (χ2n) is 6.39. The van der Waals surface area contributed by atoms with Gasteiger partial charge in [0.2, 0.25) is 22.1 Å². The van der Waals surface area contributed by atoms with Crippen LogP contribution < -0.4 is 0 Å². The maximum absolute atomic E-state index is 12.9. The summed E-state index contributed by atoms with van der Waals surface area (Å²) in [5, 5.41) is 8.42. The van der Waals surface area contributed by atoms with Crippen LogP contribution in [-0.4, -0.2) is 55.9 Å². The number of hydrogen-bond donors (Lipinski definition) is 0. The van der Waals surface area contributed by atoms with Crippen LogP contribution >= 0.6 is 0 Å². The fraction of sp³-hybridized carbons (Fsp3) is 0.421. The summed E-state index contributed by atoms with van der Waals surface area (Å²) in [5.74, 6) is -0.910. The van der Waals surface area contributed by atoms with Gasteiger partial charge in [-0.1, -0.05) is 36.4 Å². The van der Waals surface area contributed by atoms with Gasteiger partial charge in [-0.2, -0.15) is 10.3 Å². The maximum Gasteiger partial charge on any atom is 0.241 e.